The Morgan fingerprint density at radius 3 is 2.17 bits per heavy atom. The number of aromatic nitrogens is 1. The molecule has 0 N–H and O–H groups in total. The lowest BCUT2D eigenvalue weighted by molar-refractivity contribution is 0.112. The number of rotatable bonds is 8. The van der Waals surface area contributed by atoms with Crippen molar-refractivity contribution >= 4 is 6.29 Å². The van der Waals surface area contributed by atoms with Crippen LogP contribution in [0.5, 0.6) is 17.2 Å². The van der Waals surface area contributed by atoms with Gasteiger partial charge in [-0.2, -0.15) is 0 Å². The molecule has 2 aromatic carbocycles. The molecule has 1 heterocycles. The first-order valence-corrected chi connectivity index (χ1v) is 9.63. The highest BCUT2D eigenvalue weighted by Gasteiger charge is 2.24. The number of ether oxygens (including phenoxy) is 3. The summed E-state index contributed by atoms with van der Waals surface area (Å²) in [5.74, 6) is 1.42. The summed E-state index contributed by atoms with van der Waals surface area (Å²) < 4.78 is 18.8. The Balaban J connectivity index is 2.29. The summed E-state index contributed by atoms with van der Waals surface area (Å²) in [6.45, 7) is 5.01. The molecule has 0 atom stereocenters. The molecule has 0 aliphatic carbocycles. The minimum absolute atomic E-state index is 0.461. The molecular formula is C24H27NO4. The third-order valence-electron chi connectivity index (χ3n) is 4.99. The van der Waals surface area contributed by atoms with Crippen LogP contribution >= 0.6 is 0 Å². The van der Waals surface area contributed by atoms with Crippen LogP contribution in [-0.4, -0.2) is 32.2 Å². The number of aryl methyl sites for hydroxylation is 2. The van der Waals surface area contributed by atoms with E-state index in [0.29, 0.717) is 28.4 Å². The monoisotopic (exact) mass is 393 g/mol. The molecule has 0 spiro atoms. The standard InChI is InChI=1S/C24H27NO4/c1-6-11-25-14-18(17-9-7-16(2)8-10-17)12-20(25)22-19(15-26)13-21(27-3)23(28-4)24(22)29-5/h7-10,12-15H,6,11H2,1-5H3. The minimum atomic E-state index is 0.461. The fourth-order valence-corrected chi connectivity index (χ4v) is 3.58. The van der Waals surface area contributed by atoms with Gasteiger partial charge in [0.2, 0.25) is 5.75 Å². The molecule has 29 heavy (non-hydrogen) atoms. The van der Waals surface area contributed by atoms with Gasteiger partial charge in [0.15, 0.2) is 17.8 Å². The number of aldehydes is 1. The van der Waals surface area contributed by atoms with Gasteiger partial charge in [0.05, 0.1) is 32.6 Å². The van der Waals surface area contributed by atoms with E-state index in [1.54, 1.807) is 27.4 Å². The third kappa shape index (κ3) is 3.86. The van der Waals surface area contributed by atoms with Crippen LogP contribution in [0.15, 0.2) is 42.6 Å². The Hall–Kier alpha value is -3.21. The van der Waals surface area contributed by atoms with Crippen molar-refractivity contribution in [2.24, 2.45) is 0 Å². The molecule has 5 nitrogen and oxygen atoms in total. The first-order chi connectivity index (χ1) is 14.1. The lowest BCUT2D eigenvalue weighted by atomic mass is 10.0. The van der Waals surface area contributed by atoms with E-state index >= 15 is 0 Å². The topological polar surface area (TPSA) is 49.7 Å². The maximum Gasteiger partial charge on any atom is 0.204 e. The Labute approximate surface area is 171 Å². The lowest BCUT2D eigenvalue weighted by Crippen LogP contribution is -2.04. The molecule has 0 fully saturated rings. The molecule has 3 rings (SSSR count). The van der Waals surface area contributed by atoms with Crippen LogP contribution in [0, 0.1) is 6.92 Å². The van der Waals surface area contributed by atoms with Crippen LogP contribution in [0.3, 0.4) is 0 Å². The number of nitrogens with zero attached hydrogens (tertiary/aromatic N) is 1. The van der Waals surface area contributed by atoms with Gasteiger partial charge in [0.25, 0.3) is 0 Å². The smallest absolute Gasteiger partial charge is 0.204 e. The van der Waals surface area contributed by atoms with Gasteiger partial charge >= 0.3 is 0 Å². The van der Waals surface area contributed by atoms with E-state index in [4.69, 9.17) is 14.2 Å². The average Bonchev–Trinajstić information content (AvgIpc) is 3.16. The van der Waals surface area contributed by atoms with Crippen LogP contribution < -0.4 is 14.2 Å². The highest BCUT2D eigenvalue weighted by Crippen LogP contribution is 2.47. The van der Waals surface area contributed by atoms with Crippen molar-refractivity contribution in [3.63, 3.8) is 0 Å². The molecule has 0 bridgehead atoms. The second-order valence-corrected chi connectivity index (χ2v) is 6.90. The van der Waals surface area contributed by atoms with Crippen molar-refractivity contribution in [1.82, 2.24) is 4.57 Å². The fourth-order valence-electron chi connectivity index (χ4n) is 3.58. The van der Waals surface area contributed by atoms with Crippen LogP contribution in [0.2, 0.25) is 0 Å². The molecule has 5 heteroatoms. The van der Waals surface area contributed by atoms with Gasteiger partial charge in [-0.1, -0.05) is 36.8 Å². The lowest BCUT2D eigenvalue weighted by Gasteiger charge is -2.19. The number of hydrogen-bond donors (Lipinski definition) is 0. The van der Waals surface area contributed by atoms with Gasteiger partial charge in [-0.25, -0.2) is 0 Å². The zero-order valence-corrected chi connectivity index (χ0v) is 17.6. The molecule has 1 aromatic heterocycles. The zero-order chi connectivity index (χ0) is 21.0. The van der Waals surface area contributed by atoms with Crippen molar-refractivity contribution in [2.45, 2.75) is 26.8 Å². The maximum absolute atomic E-state index is 12.0. The van der Waals surface area contributed by atoms with E-state index in [1.807, 2.05) is 0 Å². The zero-order valence-electron chi connectivity index (χ0n) is 17.6. The Bertz CT molecular complexity index is 1000. The minimum Gasteiger partial charge on any atom is -0.493 e. The molecule has 0 amide bonds. The SMILES string of the molecule is CCCn1cc(-c2ccc(C)cc2)cc1-c1c(C=O)cc(OC)c(OC)c1OC. The van der Waals surface area contributed by atoms with Crippen molar-refractivity contribution in [1.29, 1.82) is 0 Å². The third-order valence-corrected chi connectivity index (χ3v) is 4.99. The van der Waals surface area contributed by atoms with E-state index in [-0.39, 0.29) is 0 Å². The highest BCUT2D eigenvalue weighted by molar-refractivity contribution is 5.93. The summed E-state index contributed by atoms with van der Waals surface area (Å²) in [7, 11) is 4.68. The van der Waals surface area contributed by atoms with Crippen LogP contribution in [0.1, 0.15) is 29.3 Å². The Morgan fingerprint density at radius 1 is 0.931 bits per heavy atom. The molecule has 152 valence electrons. The van der Waals surface area contributed by atoms with E-state index < -0.39 is 0 Å². The Kier molecular flexibility index (Phi) is 6.27. The molecule has 0 aliphatic rings. The summed E-state index contributed by atoms with van der Waals surface area (Å²) in [5.41, 5.74) is 5.52. The number of benzene rings is 2. The van der Waals surface area contributed by atoms with Crippen LogP contribution in [0.25, 0.3) is 22.4 Å². The fraction of sp³-hybridized carbons (Fsp3) is 0.292. The van der Waals surface area contributed by atoms with Crippen molar-refractivity contribution in [3.8, 4) is 39.6 Å². The summed E-state index contributed by atoms with van der Waals surface area (Å²) in [6, 6.07) is 12.2. The number of carbonyl (C=O) groups is 1. The van der Waals surface area contributed by atoms with Crippen LogP contribution in [0.4, 0.5) is 0 Å². The Morgan fingerprint density at radius 2 is 1.62 bits per heavy atom. The van der Waals surface area contributed by atoms with E-state index in [1.165, 1.54) is 5.56 Å². The summed E-state index contributed by atoms with van der Waals surface area (Å²) >= 11 is 0. The van der Waals surface area contributed by atoms with Crippen molar-refractivity contribution in [2.75, 3.05) is 21.3 Å². The van der Waals surface area contributed by atoms with Crippen LogP contribution in [-0.2, 0) is 6.54 Å². The van der Waals surface area contributed by atoms with Gasteiger partial charge in [0, 0.05) is 18.3 Å². The predicted molar refractivity (Wildman–Crippen MR) is 115 cm³/mol. The van der Waals surface area contributed by atoms with Gasteiger partial charge in [-0.3, -0.25) is 4.79 Å². The van der Waals surface area contributed by atoms with E-state index in [2.05, 4.69) is 54.9 Å². The normalized spacial score (nSPS) is 10.7. The number of carbonyl (C=O) groups excluding carboxylic acids is 1. The van der Waals surface area contributed by atoms with Gasteiger partial charge in [-0.15, -0.1) is 0 Å². The molecule has 3 aromatic rings. The quantitative estimate of drug-likeness (QED) is 0.482. The second-order valence-electron chi connectivity index (χ2n) is 6.90. The first kappa shape index (κ1) is 20.5. The number of hydrogen-bond acceptors (Lipinski definition) is 4. The second kappa shape index (κ2) is 8.86. The van der Waals surface area contributed by atoms with Crippen molar-refractivity contribution < 1.29 is 19.0 Å². The van der Waals surface area contributed by atoms with Gasteiger partial charge < -0.3 is 18.8 Å². The van der Waals surface area contributed by atoms with E-state index in [9.17, 15) is 4.79 Å². The number of methoxy groups -OCH3 is 3. The molecule has 0 saturated heterocycles. The van der Waals surface area contributed by atoms with Gasteiger partial charge in [-0.05, 0) is 36.6 Å². The maximum atomic E-state index is 12.0. The molecular weight excluding hydrogens is 366 g/mol. The van der Waals surface area contributed by atoms with E-state index in [0.717, 1.165) is 36.1 Å². The molecule has 0 saturated carbocycles. The summed E-state index contributed by atoms with van der Waals surface area (Å²) in [6.07, 6.45) is 3.91. The molecule has 0 radical (unpaired) electrons. The summed E-state index contributed by atoms with van der Waals surface area (Å²) in [5, 5.41) is 0. The van der Waals surface area contributed by atoms with Gasteiger partial charge in [0.1, 0.15) is 0 Å². The highest BCUT2D eigenvalue weighted by atomic mass is 16.5. The average molecular weight is 393 g/mol. The molecule has 0 aliphatic heterocycles. The largest absolute Gasteiger partial charge is 0.493 e. The predicted octanol–water partition coefficient (Wildman–Crippen LogP) is 5.38. The first-order valence-electron chi connectivity index (χ1n) is 9.63. The summed E-state index contributed by atoms with van der Waals surface area (Å²) in [4.78, 5) is 12.0. The molecule has 0 unspecified atom stereocenters. The van der Waals surface area contributed by atoms with Crippen molar-refractivity contribution in [3.05, 3.63) is 53.7 Å².